The van der Waals surface area contributed by atoms with Crippen molar-refractivity contribution in [3.8, 4) is 0 Å². The maximum Gasteiger partial charge on any atom is 0.321 e. The SMILES string of the molecule is Cc1ccc(S(=O)(=O)NCC(=O)OCC(=O)c2cc(C)c(C)c(C)c2C)cc1. The van der Waals surface area contributed by atoms with Gasteiger partial charge in [0.15, 0.2) is 6.61 Å². The second-order valence-corrected chi connectivity index (χ2v) is 8.60. The van der Waals surface area contributed by atoms with Crippen LogP contribution in [-0.4, -0.2) is 33.3 Å². The number of aryl methyl sites for hydroxylation is 2. The Kier molecular flexibility index (Phi) is 6.74. The highest BCUT2D eigenvalue weighted by Crippen LogP contribution is 2.21. The number of benzene rings is 2. The molecule has 0 spiro atoms. The molecule has 0 fully saturated rings. The lowest BCUT2D eigenvalue weighted by Gasteiger charge is -2.13. The number of Topliss-reactive ketones (excluding diaryl/α,β-unsaturated/α-hetero) is 1. The number of esters is 1. The number of ketones is 1. The summed E-state index contributed by atoms with van der Waals surface area (Å²) in [6.07, 6.45) is 0. The van der Waals surface area contributed by atoms with Gasteiger partial charge in [-0.25, -0.2) is 8.42 Å². The van der Waals surface area contributed by atoms with E-state index in [0.717, 1.165) is 27.8 Å². The molecular formula is C21H25NO5S. The van der Waals surface area contributed by atoms with Gasteiger partial charge in [0.2, 0.25) is 15.8 Å². The van der Waals surface area contributed by atoms with E-state index in [1.54, 1.807) is 18.2 Å². The molecule has 2 rings (SSSR count). The van der Waals surface area contributed by atoms with Gasteiger partial charge in [-0.3, -0.25) is 9.59 Å². The smallest absolute Gasteiger partial charge is 0.321 e. The molecule has 0 saturated carbocycles. The van der Waals surface area contributed by atoms with Crippen molar-refractivity contribution < 1.29 is 22.7 Å². The second-order valence-electron chi connectivity index (χ2n) is 6.84. The van der Waals surface area contributed by atoms with Gasteiger partial charge in [0.1, 0.15) is 6.54 Å². The minimum absolute atomic E-state index is 0.0585. The summed E-state index contributed by atoms with van der Waals surface area (Å²) in [4.78, 5) is 24.4. The van der Waals surface area contributed by atoms with E-state index in [1.165, 1.54) is 12.1 Å². The Morgan fingerprint density at radius 1 is 0.929 bits per heavy atom. The first-order valence-electron chi connectivity index (χ1n) is 8.85. The van der Waals surface area contributed by atoms with Crippen LogP contribution in [0.2, 0.25) is 0 Å². The molecular weight excluding hydrogens is 378 g/mol. The standard InChI is InChI=1S/C21H25NO5S/c1-13-6-8-18(9-7-13)28(25,26)22-11-21(24)27-12-20(23)19-10-14(2)15(3)16(4)17(19)5/h6-10,22H,11-12H2,1-5H3. The zero-order valence-electron chi connectivity index (χ0n) is 16.8. The number of rotatable bonds is 7. The van der Waals surface area contributed by atoms with Gasteiger partial charge in [0, 0.05) is 5.56 Å². The summed E-state index contributed by atoms with van der Waals surface area (Å²) < 4.78 is 31.5. The van der Waals surface area contributed by atoms with E-state index in [1.807, 2.05) is 34.6 Å². The van der Waals surface area contributed by atoms with Crippen LogP contribution in [0.5, 0.6) is 0 Å². The average Bonchev–Trinajstić information content (AvgIpc) is 2.66. The van der Waals surface area contributed by atoms with E-state index in [9.17, 15) is 18.0 Å². The van der Waals surface area contributed by atoms with Crippen LogP contribution in [0.3, 0.4) is 0 Å². The van der Waals surface area contributed by atoms with Crippen molar-refractivity contribution in [3.63, 3.8) is 0 Å². The third-order valence-electron chi connectivity index (χ3n) is 4.88. The number of carbonyl (C=O) groups is 2. The summed E-state index contributed by atoms with van der Waals surface area (Å²) in [6, 6.07) is 8.03. The molecule has 6 nitrogen and oxygen atoms in total. The van der Waals surface area contributed by atoms with E-state index in [4.69, 9.17) is 4.74 Å². The van der Waals surface area contributed by atoms with Crippen LogP contribution in [0.4, 0.5) is 0 Å². The molecule has 0 aliphatic rings. The van der Waals surface area contributed by atoms with Crippen molar-refractivity contribution in [2.45, 2.75) is 39.5 Å². The first-order chi connectivity index (χ1) is 13.0. The third-order valence-corrected chi connectivity index (χ3v) is 6.30. The predicted octanol–water partition coefficient (Wildman–Crippen LogP) is 2.93. The minimum Gasteiger partial charge on any atom is -0.456 e. The monoisotopic (exact) mass is 403 g/mol. The third kappa shape index (κ3) is 5.05. The van der Waals surface area contributed by atoms with Crippen LogP contribution in [-0.2, 0) is 19.6 Å². The van der Waals surface area contributed by atoms with Gasteiger partial charge in [-0.15, -0.1) is 0 Å². The number of nitrogens with one attached hydrogen (secondary N) is 1. The van der Waals surface area contributed by atoms with Crippen LogP contribution < -0.4 is 4.72 Å². The summed E-state index contributed by atoms with van der Waals surface area (Å²) >= 11 is 0. The van der Waals surface area contributed by atoms with Crippen molar-refractivity contribution in [1.82, 2.24) is 4.72 Å². The van der Waals surface area contributed by atoms with Crippen LogP contribution in [0, 0.1) is 34.6 Å². The van der Waals surface area contributed by atoms with E-state index >= 15 is 0 Å². The largest absolute Gasteiger partial charge is 0.456 e. The Bertz CT molecular complexity index is 1010. The normalized spacial score (nSPS) is 11.3. The van der Waals surface area contributed by atoms with Gasteiger partial charge >= 0.3 is 5.97 Å². The Hall–Kier alpha value is -2.51. The summed E-state index contributed by atoms with van der Waals surface area (Å²) in [5.74, 6) is -1.14. The topological polar surface area (TPSA) is 89.5 Å². The minimum atomic E-state index is -3.82. The van der Waals surface area contributed by atoms with Crippen molar-refractivity contribution >= 4 is 21.8 Å². The number of carbonyl (C=O) groups excluding carboxylic acids is 2. The number of hydrogen-bond acceptors (Lipinski definition) is 5. The fourth-order valence-electron chi connectivity index (χ4n) is 2.73. The zero-order chi connectivity index (χ0) is 21.1. The quantitative estimate of drug-likeness (QED) is 0.567. The molecule has 0 aliphatic heterocycles. The molecule has 0 aliphatic carbocycles. The van der Waals surface area contributed by atoms with Crippen LogP contribution in [0.1, 0.15) is 38.2 Å². The molecule has 0 saturated heterocycles. The molecule has 1 N–H and O–H groups in total. The molecule has 0 heterocycles. The summed E-state index contributed by atoms with van der Waals surface area (Å²) in [5.41, 5.74) is 5.42. The number of ether oxygens (including phenoxy) is 1. The van der Waals surface area contributed by atoms with Crippen molar-refractivity contribution in [2.24, 2.45) is 0 Å². The predicted molar refractivity (Wildman–Crippen MR) is 107 cm³/mol. The Morgan fingerprint density at radius 2 is 1.54 bits per heavy atom. The van der Waals surface area contributed by atoms with E-state index in [2.05, 4.69) is 4.72 Å². The molecule has 7 heteroatoms. The highest BCUT2D eigenvalue weighted by molar-refractivity contribution is 7.89. The molecule has 0 aromatic heterocycles. The number of sulfonamides is 1. The number of hydrogen-bond donors (Lipinski definition) is 1. The van der Waals surface area contributed by atoms with E-state index in [-0.39, 0.29) is 10.7 Å². The molecule has 2 aromatic carbocycles. The molecule has 0 unspecified atom stereocenters. The van der Waals surface area contributed by atoms with Gasteiger partial charge in [0.25, 0.3) is 0 Å². The zero-order valence-corrected chi connectivity index (χ0v) is 17.6. The lowest BCUT2D eigenvalue weighted by molar-refractivity contribution is -0.141. The average molecular weight is 404 g/mol. The summed E-state index contributed by atoms with van der Waals surface area (Å²) in [6.45, 7) is 8.57. The molecule has 0 radical (unpaired) electrons. The summed E-state index contributed by atoms with van der Waals surface area (Å²) in [7, 11) is -3.82. The first-order valence-corrected chi connectivity index (χ1v) is 10.3. The molecule has 0 bridgehead atoms. The Morgan fingerprint density at radius 3 is 2.14 bits per heavy atom. The van der Waals surface area contributed by atoms with Gasteiger partial charge in [-0.05, 0) is 75.1 Å². The fourth-order valence-corrected chi connectivity index (χ4v) is 3.70. The van der Waals surface area contributed by atoms with Crippen molar-refractivity contribution in [2.75, 3.05) is 13.2 Å². The van der Waals surface area contributed by atoms with Crippen LogP contribution in [0.25, 0.3) is 0 Å². The highest BCUT2D eigenvalue weighted by Gasteiger charge is 2.18. The van der Waals surface area contributed by atoms with E-state index < -0.39 is 29.1 Å². The van der Waals surface area contributed by atoms with Gasteiger partial charge in [-0.1, -0.05) is 17.7 Å². The van der Waals surface area contributed by atoms with Crippen molar-refractivity contribution in [1.29, 1.82) is 0 Å². The maximum atomic E-state index is 12.4. The molecule has 150 valence electrons. The molecule has 0 amide bonds. The molecule has 2 aromatic rings. The van der Waals surface area contributed by atoms with Gasteiger partial charge < -0.3 is 4.74 Å². The van der Waals surface area contributed by atoms with Crippen LogP contribution >= 0.6 is 0 Å². The van der Waals surface area contributed by atoms with Crippen LogP contribution in [0.15, 0.2) is 35.2 Å². The first kappa shape index (κ1) is 21.8. The lowest BCUT2D eigenvalue weighted by Crippen LogP contribution is -2.31. The van der Waals surface area contributed by atoms with E-state index in [0.29, 0.717) is 5.56 Å². The fraction of sp³-hybridized carbons (Fsp3) is 0.333. The summed E-state index contributed by atoms with van der Waals surface area (Å²) in [5, 5.41) is 0. The van der Waals surface area contributed by atoms with Crippen molar-refractivity contribution in [3.05, 3.63) is 63.7 Å². The second kappa shape index (κ2) is 8.67. The molecule has 28 heavy (non-hydrogen) atoms. The maximum absolute atomic E-state index is 12.4. The lowest BCUT2D eigenvalue weighted by atomic mass is 9.93. The van der Waals surface area contributed by atoms with Gasteiger partial charge in [-0.2, -0.15) is 4.72 Å². The highest BCUT2D eigenvalue weighted by atomic mass is 32.2. The molecule has 0 atom stereocenters. The van der Waals surface area contributed by atoms with Gasteiger partial charge in [0.05, 0.1) is 4.90 Å². The Labute approximate surface area is 166 Å². The Balaban J connectivity index is 1.96.